The molecule has 0 radical (unpaired) electrons. The average molecular weight is 484 g/mol. The molecule has 0 bridgehead atoms. The first-order chi connectivity index (χ1) is 17.6. The SMILES string of the molecule is C=CN(Nc1cc(=O)n(Cc2cnccn2)c(COCc2ccccc2)c1C)c1ccccc1OC. The standard InChI is InChI=1S/C28H29N5O3/c1-4-33(25-12-8-9-13-27(25)35-3)31-24-16-28(34)32(18-23-17-29-14-15-30-23)26(21(24)2)20-36-19-22-10-6-5-7-11-22/h4-17,31H,1,18-20H2,2-3H3. The van der Waals surface area contributed by atoms with Crippen LogP contribution in [0, 0.1) is 6.92 Å². The van der Waals surface area contributed by atoms with E-state index in [1.807, 2.05) is 61.5 Å². The molecule has 0 atom stereocenters. The smallest absolute Gasteiger partial charge is 0.253 e. The number of hydrogen-bond donors (Lipinski definition) is 1. The lowest BCUT2D eigenvalue weighted by atomic mass is 10.1. The van der Waals surface area contributed by atoms with E-state index in [9.17, 15) is 4.79 Å². The molecule has 0 spiro atoms. The zero-order chi connectivity index (χ0) is 25.3. The van der Waals surface area contributed by atoms with E-state index >= 15 is 0 Å². The Balaban J connectivity index is 1.68. The molecule has 184 valence electrons. The molecule has 0 fully saturated rings. The molecule has 0 saturated heterocycles. The van der Waals surface area contributed by atoms with E-state index in [4.69, 9.17) is 9.47 Å². The summed E-state index contributed by atoms with van der Waals surface area (Å²) in [6.07, 6.45) is 6.51. The average Bonchev–Trinajstić information content (AvgIpc) is 2.92. The number of rotatable bonds is 11. The topological polar surface area (TPSA) is 81.5 Å². The number of nitrogens with one attached hydrogen (secondary N) is 1. The minimum atomic E-state index is -0.184. The number of nitrogens with zero attached hydrogens (tertiary/aromatic N) is 4. The van der Waals surface area contributed by atoms with Crippen molar-refractivity contribution in [2.75, 3.05) is 17.5 Å². The van der Waals surface area contributed by atoms with Crippen molar-refractivity contribution in [3.8, 4) is 5.75 Å². The van der Waals surface area contributed by atoms with Crippen molar-refractivity contribution in [2.24, 2.45) is 0 Å². The van der Waals surface area contributed by atoms with Gasteiger partial charge in [0.1, 0.15) is 11.4 Å². The van der Waals surface area contributed by atoms with Crippen LogP contribution in [0.4, 0.5) is 11.4 Å². The van der Waals surface area contributed by atoms with Crippen molar-refractivity contribution in [1.29, 1.82) is 0 Å². The van der Waals surface area contributed by atoms with Crippen LogP contribution >= 0.6 is 0 Å². The Hall–Kier alpha value is -4.43. The summed E-state index contributed by atoms with van der Waals surface area (Å²) in [6.45, 7) is 6.84. The largest absolute Gasteiger partial charge is 0.494 e. The molecular weight excluding hydrogens is 454 g/mol. The van der Waals surface area contributed by atoms with Crippen LogP contribution in [0.1, 0.15) is 22.5 Å². The summed E-state index contributed by atoms with van der Waals surface area (Å²) in [5, 5.41) is 1.72. The zero-order valence-corrected chi connectivity index (χ0v) is 20.4. The minimum Gasteiger partial charge on any atom is -0.494 e. The van der Waals surface area contributed by atoms with Crippen LogP contribution in [0.5, 0.6) is 5.75 Å². The van der Waals surface area contributed by atoms with Crippen LogP contribution < -0.4 is 20.7 Å². The second-order valence-electron chi connectivity index (χ2n) is 8.07. The predicted octanol–water partition coefficient (Wildman–Crippen LogP) is 4.70. The summed E-state index contributed by atoms with van der Waals surface area (Å²) in [5.41, 5.74) is 7.88. The first-order valence-corrected chi connectivity index (χ1v) is 11.5. The highest BCUT2D eigenvalue weighted by Gasteiger charge is 2.17. The third-order valence-corrected chi connectivity index (χ3v) is 5.75. The number of methoxy groups -OCH3 is 1. The van der Waals surface area contributed by atoms with Gasteiger partial charge in [-0.15, -0.1) is 0 Å². The van der Waals surface area contributed by atoms with E-state index in [-0.39, 0.29) is 18.7 Å². The molecule has 8 heteroatoms. The highest BCUT2D eigenvalue weighted by molar-refractivity contribution is 5.66. The second kappa shape index (κ2) is 11.8. The maximum atomic E-state index is 13.3. The Bertz CT molecular complexity index is 1360. The van der Waals surface area contributed by atoms with Crippen molar-refractivity contribution in [1.82, 2.24) is 14.5 Å². The fraction of sp³-hybridized carbons (Fsp3) is 0.179. The fourth-order valence-electron chi connectivity index (χ4n) is 3.85. The molecule has 2 heterocycles. The van der Waals surface area contributed by atoms with Gasteiger partial charge in [0.05, 0.1) is 50.1 Å². The lowest BCUT2D eigenvalue weighted by Crippen LogP contribution is -2.30. The quantitative estimate of drug-likeness (QED) is 0.310. The van der Waals surface area contributed by atoms with E-state index in [0.717, 1.165) is 22.5 Å². The Kier molecular flexibility index (Phi) is 8.10. The second-order valence-corrected chi connectivity index (χ2v) is 8.07. The molecule has 0 aliphatic heterocycles. The molecule has 1 N–H and O–H groups in total. The van der Waals surface area contributed by atoms with Crippen molar-refractivity contribution in [3.63, 3.8) is 0 Å². The van der Waals surface area contributed by atoms with Gasteiger partial charge in [-0.3, -0.25) is 25.2 Å². The van der Waals surface area contributed by atoms with Gasteiger partial charge in [0.2, 0.25) is 0 Å². The summed E-state index contributed by atoms with van der Waals surface area (Å²) in [6, 6.07) is 19.1. The molecule has 0 unspecified atom stereocenters. The highest BCUT2D eigenvalue weighted by Crippen LogP contribution is 2.29. The minimum absolute atomic E-state index is 0.184. The highest BCUT2D eigenvalue weighted by atomic mass is 16.5. The Morgan fingerprint density at radius 3 is 2.58 bits per heavy atom. The van der Waals surface area contributed by atoms with Crippen LogP contribution in [0.25, 0.3) is 0 Å². The van der Waals surface area contributed by atoms with E-state index in [1.54, 1.807) is 47.5 Å². The van der Waals surface area contributed by atoms with Crippen LogP contribution in [-0.2, 0) is 24.5 Å². The maximum absolute atomic E-state index is 13.3. The Morgan fingerprint density at radius 1 is 1.08 bits per heavy atom. The number of hydrogen-bond acceptors (Lipinski definition) is 7. The van der Waals surface area contributed by atoms with Gasteiger partial charge in [-0.2, -0.15) is 0 Å². The molecule has 0 aliphatic rings. The Morgan fingerprint density at radius 2 is 1.86 bits per heavy atom. The third kappa shape index (κ3) is 5.79. The van der Waals surface area contributed by atoms with Crippen molar-refractivity contribution in [3.05, 3.63) is 125 Å². The number of aromatic nitrogens is 3. The van der Waals surface area contributed by atoms with Gasteiger partial charge in [-0.05, 0) is 30.2 Å². The fourth-order valence-corrected chi connectivity index (χ4v) is 3.85. The molecule has 4 aromatic rings. The number of para-hydroxylation sites is 2. The van der Waals surface area contributed by atoms with Gasteiger partial charge in [-0.1, -0.05) is 49.0 Å². The van der Waals surface area contributed by atoms with Crippen LogP contribution in [0.15, 0.2) is 96.8 Å². The molecule has 0 amide bonds. The molecule has 0 saturated carbocycles. The monoisotopic (exact) mass is 483 g/mol. The third-order valence-electron chi connectivity index (χ3n) is 5.75. The van der Waals surface area contributed by atoms with Gasteiger partial charge in [-0.25, -0.2) is 0 Å². The van der Waals surface area contributed by atoms with Gasteiger partial charge in [0.25, 0.3) is 5.56 Å². The summed E-state index contributed by atoms with van der Waals surface area (Å²) in [4.78, 5) is 21.8. The van der Waals surface area contributed by atoms with E-state index < -0.39 is 0 Å². The van der Waals surface area contributed by atoms with Crippen molar-refractivity contribution >= 4 is 11.4 Å². The van der Waals surface area contributed by atoms with Crippen LogP contribution in [0.2, 0.25) is 0 Å². The van der Waals surface area contributed by atoms with Gasteiger partial charge in [0.15, 0.2) is 0 Å². The molecule has 8 nitrogen and oxygen atoms in total. The van der Waals surface area contributed by atoms with E-state index in [2.05, 4.69) is 22.0 Å². The summed E-state index contributed by atoms with van der Waals surface area (Å²) >= 11 is 0. The maximum Gasteiger partial charge on any atom is 0.253 e. The first kappa shape index (κ1) is 24.7. The Labute approximate surface area is 210 Å². The lowest BCUT2D eigenvalue weighted by Gasteiger charge is -2.26. The molecule has 36 heavy (non-hydrogen) atoms. The van der Waals surface area contributed by atoms with Crippen molar-refractivity contribution < 1.29 is 9.47 Å². The number of ether oxygens (including phenoxy) is 2. The number of pyridine rings is 1. The van der Waals surface area contributed by atoms with Gasteiger partial charge >= 0.3 is 0 Å². The van der Waals surface area contributed by atoms with Gasteiger partial charge < -0.3 is 14.0 Å². The number of anilines is 2. The summed E-state index contributed by atoms with van der Waals surface area (Å²) < 4.78 is 13.2. The van der Waals surface area contributed by atoms with Crippen LogP contribution in [-0.4, -0.2) is 21.6 Å². The predicted molar refractivity (Wildman–Crippen MR) is 141 cm³/mol. The first-order valence-electron chi connectivity index (χ1n) is 11.5. The lowest BCUT2D eigenvalue weighted by molar-refractivity contribution is 0.101. The molecule has 4 rings (SSSR count). The summed E-state index contributed by atoms with van der Waals surface area (Å²) in [5.74, 6) is 0.671. The van der Waals surface area contributed by atoms with Crippen molar-refractivity contribution in [2.45, 2.75) is 26.7 Å². The molecule has 2 aromatic heterocycles. The van der Waals surface area contributed by atoms with Crippen LogP contribution in [0.3, 0.4) is 0 Å². The number of benzene rings is 2. The normalized spacial score (nSPS) is 10.6. The number of hydrazine groups is 1. The van der Waals surface area contributed by atoms with E-state index in [0.29, 0.717) is 23.7 Å². The molecular formula is C28H29N5O3. The zero-order valence-electron chi connectivity index (χ0n) is 20.4. The van der Waals surface area contributed by atoms with E-state index in [1.165, 1.54) is 0 Å². The summed E-state index contributed by atoms with van der Waals surface area (Å²) in [7, 11) is 1.61. The molecule has 0 aliphatic carbocycles. The molecule has 2 aromatic carbocycles. The van der Waals surface area contributed by atoms with Gasteiger partial charge in [0, 0.05) is 24.7 Å².